The van der Waals surface area contributed by atoms with E-state index in [0.29, 0.717) is 0 Å². The van der Waals surface area contributed by atoms with Crippen LogP contribution in [-0.2, 0) is 25.0 Å². The largest absolute Gasteiger partial charge is 0.399 e. The van der Waals surface area contributed by atoms with Crippen LogP contribution in [0, 0.1) is 0 Å². The Morgan fingerprint density at radius 3 is 1.44 bits per heavy atom. The zero-order valence-corrected chi connectivity index (χ0v) is 14.2. The molecule has 134 valence electrons. The van der Waals surface area contributed by atoms with Gasteiger partial charge in [0, 0.05) is 22.5 Å². The van der Waals surface area contributed by atoms with Gasteiger partial charge in [0.15, 0.2) is 0 Å². The molecule has 1 aliphatic heterocycles. The SMILES string of the molecule is Nc1ccc(C2OC2c2ccc(N)cc2S(=O)(=O)O)c(S(=O)(=O)O)c1. The zero-order chi connectivity index (χ0) is 18.6. The maximum atomic E-state index is 11.5. The van der Waals surface area contributed by atoms with Gasteiger partial charge in [0.1, 0.15) is 22.0 Å². The Hall–Kier alpha value is -2.18. The number of hydrogen-bond donors (Lipinski definition) is 4. The summed E-state index contributed by atoms with van der Waals surface area (Å²) in [5.41, 5.74) is 11.6. The van der Waals surface area contributed by atoms with Crippen LogP contribution in [0.4, 0.5) is 11.4 Å². The van der Waals surface area contributed by atoms with Crippen molar-refractivity contribution in [1.29, 1.82) is 0 Å². The van der Waals surface area contributed by atoms with E-state index in [4.69, 9.17) is 16.2 Å². The number of benzene rings is 2. The van der Waals surface area contributed by atoms with Crippen LogP contribution in [0.3, 0.4) is 0 Å². The lowest BCUT2D eigenvalue weighted by molar-refractivity contribution is 0.372. The molecule has 0 bridgehead atoms. The standard InChI is InChI=1S/C14H14N2O7S2/c15-7-1-3-9(11(5-7)24(17,18)19)13-14(23-13)10-4-2-8(16)6-12(10)25(20,21)22/h1-6,13-14H,15-16H2,(H,17,18,19)(H,20,21,22). The molecule has 3 rings (SSSR count). The van der Waals surface area contributed by atoms with Gasteiger partial charge in [0.05, 0.1) is 0 Å². The van der Waals surface area contributed by atoms with Crippen LogP contribution < -0.4 is 11.5 Å². The highest BCUT2D eigenvalue weighted by Gasteiger charge is 2.46. The van der Waals surface area contributed by atoms with E-state index >= 15 is 0 Å². The maximum Gasteiger partial charge on any atom is 0.294 e. The van der Waals surface area contributed by atoms with E-state index < -0.39 is 42.2 Å². The number of rotatable bonds is 4. The number of ether oxygens (including phenoxy) is 1. The summed E-state index contributed by atoms with van der Waals surface area (Å²) < 4.78 is 70.3. The average Bonchev–Trinajstić information content (AvgIpc) is 3.25. The Morgan fingerprint density at radius 1 is 0.760 bits per heavy atom. The van der Waals surface area contributed by atoms with Crippen LogP contribution in [0.25, 0.3) is 0 Å². The lowest BCUT2D eigenvalue weighted by atomic mass is 10.0. The topological polar surface area (TPSA) is 173 Å². The van der Waals surface area contributed by atoms with Crippen molar-refractivity contribution in [3.63, 3.8) is 0 Å². The third-order valence-electron chi connectivity index (χ3n) is 3.74. The highest BCUT2D eigenvalue weighted by Crippen LogP contribution is 2.54. The summed E-state index contributed by atoms with van der Waals surface area (Å²) in [5, 5.41) is 0. The van der Waals surface area contributed by atoms with Crippen LogP contribution in [-0.4, -0.2) is 25.9 Å². The number of anilines is 2. The molecule has 6 N–H and O–H groups in total. The fraction of sp³-hybridized carbons (Fsp3) is 0.143. The summed E-state index contributed by atoms with van der Waals surface area (Å²) in [7, 11) is -9.12. The fourth-order valence-electron chi connectivity index (χ4n) is 2.60. The molecule has 2 aromatic rings. The van der Waals surface area contributed by atoms with Gasteiger partial charge in [-0.1, -0.05) is 12.1 Å². The first-order valence-corrected chi connectivity index (χ1v) is 9.76. The molecule has 2 unspecified atom stereocenters. The molecule has 0 aromatic heterocycles. The summed E-state index contributed by atoms with van der Waals surface area (Å²) in [6.45, 7) is 0. The van der Waals surface area contributed by atoms with Crippen LogP contribution in [0.15, 0.2) is 46.2 Å². The van der Waals surface area contributed by atoms with E-state index in [1.807, 2.05) is 0 Å². The third-order valence-corrected chi connectivity index (χ3v) is 5.55. The first kappa shape index (κ1) is 17.6. The van der Waals surface area contributed by atoms with Gasteiger partial charge >= 0.3 is 0 Å². The summed E-state index contributed by atoms with van der Waals surface area (Å²) >= 11 is 0. The van der Waals surface area contributed by atoms with Gasteiger partial charge in [-0.2, -0.15) is 16.8 Å². The van der Waals surface area contributed by atoms with Crippen LogP contribution in [0.1, 0.15) is 23.3 Å². The molecule has 0 spiro atoms. The molecule has 25 heavy (non-hydrogen) atoms. The molecular weight excluding hydrogens is 372 g/mol. The second-order valence-electron chi connectivity index (χ2n) is 5.52. The Bertz CT molecular complexity index is 979. The molecule has 9 nitrogen and oxygen atoms in total. The summed E-state index contributed by atoms with van der Waals surface area (Å²) in [4.78, 5) is -0.854. The monoisotopic (exact) mass is 386 g/mol. The molecule has 0 saturated carbocycles. The molecule has 2 aromatic carbocycles. The zero-order valence-electron chi connectivity index (χ0n) is 12.5. The van der Waals surface area contributed by atoms with E-state index in [1.54, 1.807) is 0 Å². The summed E-state index contributed by atoms with van der Waals surface area (Å²) in [6, 6.07) is 7.75. The predicted molar refractivity (Wildman–Crippen MR) is 87.9 cm³/mol. The van der Waals surface area contributed by atoms with E-state index in [-0.39, 0.29) is 22.5 Å². The Balaban J connectivity index is 2.06. The van der Waals surface area contributed by atoms with Gasteiger partial charge in [-0.25, -0.2) is 0 Å². The molecule has 2 atom stereocenters. The van der Waals surface area contributed by atoms with E-state index in [9.17, 15) is 25.9 Å². The van der Waals surface area contributed by atoms with E-state index in [2.05, 4.69) is 0 Å². The molecule has 1 heterocycles. The predicted octanol–water partition coefficient (Wildman–Crippen LogP) is 1.16. The third kappa shape index (κ3) is 3.45. The Morgan fingerprint density at radius 2 is 1.12 bits per heavy atom. The maximum absolute atomic E-state index is 11.5. The average molecular weight is 386 g/mol. The fourth-order valence-corrected chi connectivity index (χ4v) is 4.14. The van der Waals surface area contributed by atoms with Crippen LogP contribution in [0.2, 0.25) is 0 Å². The van der Waals surface area contributed by atoms with Crippen molar-refractivity contribution in [2.24, 2.45) is 0 Å². The smallest absolute Gasteiger partial charge is 0.294 e. The Labute approximate surface area is 143 Å². The van der Waals surface area contributed by atoms with Crippen molar-refractivity contribution in [3.05, 3.63) is 47.5 Å². The molecule has 0 radical (unpaired) electrons. The van der Waals surface area contributed by atoms with Crippen molar-refractivity contribution < 1.29 is 30.7 Å². The minimum Gasteiger partial charge on any atom is -0.399 e. The quantitative estimate of drug-likeness (QED) is 0.341. The molecule has 1 aliphatic rings. The summed E-state index contributed by atoms with van der Waals surface area (Å²) in [6.07, 6.45) is -1.66. The van der Waals surface area contributed by atoms with E-state index in [1.165, 1.54) is 24.3 Å². The van der Waals surface area contributed by atoms with Crippen LogP contribution in [0.5, 0.6) is 0 Å². The molecule has 1 fully saturated rings. The highest BCUT2D eigenvalue weighted by molar-refractivity contribution is 7.86. The number of hydrogen-bond acceptors (Lipinski definition) is 7. The van der Waals surface area contributed by atoms with Gasteiger partial charge in [0.25, 0.3) is 20.2 Å². The summed E-state index contributed by atoms with van der Waals surface area (Å²) in [5.74, 6) is 0. The second kappa shape index (κ2) is 5.68. The highest BCUT2D eigenvalue weighted by atomic mass is 32.2. The van der Waals surface area contributed by atoms with Gasteiger partial charge < -0.3 is 16.2 Å². The lowest BCUT2D eigenvalue weighted by Crippen LogP contribution is -2.06. The van der Waals surface area contributed by atoms with Crippen molar-refractivity contribution in [2.45, 2.75) is 22.0 Å². The minimum absolute atomic E-state index is 0.125. The molecule has 1 saturated heterocycles. The van der Waals surface area contributed by atoms with Gasteiger partial charge in [0.2, 0.25) is 0 Å². The van der Waals surface area contributed by atoms with Crippen molar-refractivity contribution >= 4 is 31.6 Å². The molecule has 0 amide bonds. The van der Waals surface area contributed by atoms with E-state index in [0.717, 1.165) is 12.1 Å². The first-order valence-electron chi connectivity index (χ1n) is 6.88. The van der Waals surface area contributed by atoms with Crippen molar-refractivity contribution in [2.75, 3.05) is 11.5 Å². The minimum atomic E-state index is -4.56. The first-order chi connectivity index (χ1) is 11.5. The molecule has 11 heteroatoms. The molecular formula is C14H14N2O7S2. The Kier molecular flexibility index (Phi) is 4.00. The molecule has 0 aliphatic carbocycles. The van der Waals surface area contributed by atoms with Crippen molar-refractivity contribution in [1.82, 2.24) is 0 Å². The normalized spacial score (nSPS) is 20.4. The number of nitrogens with two attached hydrogens (primary N) is 2. The van der Waals surface area contributed by atoms with Gasteiger partial charge in [-0.3, -0.25) is 9.11 Å². The lowest BCUT2D eigenvalue weighted by Gasteiger charge is -2.08. The number of nitrogen functional groups attached to an aromatic ring is 2. The van der Waals surface area contributed by atoms with Gasteiger partial charge in [-0.15, -0.1) is 0 Å². The van der Waals surface area contributed by atoms with Crippen molar-refractivity contribution in [3.8, 4) is 0 Å². The second-order valence-corrected chi connectivity index (χ2v) is 8.30. The van der Waals surface area contributed by atoms with Gasteiger partial charge in [-0.05, 0) is 24.3 Å². The number of epoxide rings is 1. The van der Waals surface area contributed by atoms with Crippen LogP contribution >= 0.6 is 0 Å².